The summed E-state index contributed by atoms with van der Waals surface area (Å²) in [6.45, 7) is 3.86. The Morgan fingerprint density at radius 2 is 2.05 bits per heavy atom. The van der Waals surface area contributed by atoms with Crippen LogP contribution >= 0.6 is 0 Å². The molecule has 0 aliphatic rings. The van der Waals surface area contributed by atoms with E-state index in [0.717, 1.165) is 0 Å². The highest BCUT2D eigenvalue weighted by molar-refractivity contribution is 7.89. The Balaban J connectivity index is 3.05. The molecule has 1 atom stereocenters. The summed E-state index contributed by atoms with van der Waals surface area (Å²) in [5, 5.41) is 7.06. The molecule has 0 heterocycles. The fourth-order valence-corrected chi connectivity index (χ4v) is 2.24. The Hall–Kier alpha value is -1.58. The van der Waals surface area contributed by atoms with Crippen molar-refractivity contribution in [1.82, 2.24) is 5.32 Å². The number of nitrogens with one attached hydrogen (secondary N) is 1. The topological polar surface area (TPSA) is 98.5 Å². The number of halogens is 2. The Kier molecular flexibility index (Phi) is 5.76. The smallest absolute Gasteiger partial charge is 0.257 e. The summed E-state index contributed by atoms with van der Waals surface area (Å²) in [4.78, 5) is 10.9. The molecule has 1 aromatic carbocycles. The van der Waals surface area contributed by atoms with Crippen molar-refractivity contribution in [2.24, 2.45) is 5.14 Å². The van der Waals surface area contributed by atoms with Gasteiger partial charge in [0.25, 0.3) is 5.91 Å². The maximum atomic E-state index is 14.0. The number of ether oxygens (including phenoxy) is 1. The van der Waals surface area contributed by atoms with Crippen molar-refractivity contribution in [1.29, 1.82) is 0 Å². The van der Waals surface area contributed by atoms with E-state index < -0.39 is 38.0 Å². The highest BCUT2D eigenvalue weighted by atomic mass is 32.2. The molecule has 118 valence electrons. The van der Waals surface area contributed by atoms with Gasteiger partial charge in [0.1, 0.15) is 16.3 Å². The molecule has 9 heteroatoms. The molecule has 0 aromatic heterocycles. The van der Waals surface area contributed by atoms with E-state index in [-0.39, 0.29) is 12.6 Å². The van der Waals surface area contributed by atoms with E-state index in [4.69, 9.17) is 9.88 Å². The lowest BCUT2D eigenvalue weighted by Crippen LogP contribution is -2.33. The molecular weight excluding hydrogens is 306 g/mol. The van der Waals surface area contributed by atoms with Gasteiger partial charge in [0.05, 0.1) is 6.10 Å². The Labute approximate surface area is 121 Å². The molecule has 0 radical (unpaired) electrons. The maximum Gasteiger partial charge on any atom is 0.257 e. The fraction of sp³-hybridized carbons (Fsp3) is 0.417. The van der Waals surface area contributed by atoms with Crippen molar-refractivity contribution < 1.29 is 26.7 Å². The SMILES string of the molecule is CCOC(C)CNC(=O)c1c(F)ccc(S(N)(=O)=O)c1F. The van der Waals surface area contributed by atoms with Crippen molar-refractivity contribution in [3.05, 3.63) is 29.3 Å². The standard InChI is InChI=1S/C12H16F2N2O4S/c1-3-20-7(2)6-16-12(17)10-8(13)4-5-9(11(10)14)21(15,18)19/h4-5,7H,3,6H2,1-2H3,(H,16,17)(H2,15,18,19). The average Bonchev–Trinajstić information content (AvgIpc) is 2.35. The first-order chi connectivity index (χ1) is 9.68. The molecule has 1 unspecified atom stereocenters. The van der Waals surface area contributed by atoms with Crippen molar-refractivity contribution >= 4 is 15.9 Å². The van der Waals surface area contributed by atoms with Crippen LogP contribution in [0.5, 0.6) is 0 Å². The second-order valence-electron chi connectivity index (χ2n) is 4.26. The van der Waals surface area contributed by atoms with Gasteiger partial charge >= 0.3 is 0 Å². The molecule has 0 spiro atoms. The third-order valence-corrected chi connectivity index (χ3v) is 3.52. The Morgan fingerprint density at radius 1 is 1.43 bits per heavy atom. The summed E-state index contributed by atoms with van der Waals surface area (Å²) < 4.78 is 55.0. The molecular formula is C12H16F2N2O4S. The van der Waals surface area contributed by atoms with Crippen LogP contribution < -0.4 is 10.5 Å². The number of hydrogen-bond acceptors (Lipinski definition) is 4. The number of benzene rings is 1. The number of carbonyl (C=O) groups excluding carboxylic acids is 1. The number of carbonyl (C=O) groups is 1. The highest BCUT2D eigenvalue weighted by Crippen LogP contribution is 2.20. The zero-order valence-corrected chi connectivity index (χ0v) is 12.3. The van der Waals surface area contributed by atoms with Gasteiger partial charge in [-0.1, -0.05) is 0 Å². The van der Waals surface area contributed by atoms with Crippen molar-refractivity contribution in [2.75, 3.05) is 13.2 Å². The van der Waals surface area contributed by atoms with Crippen LogP contribution in [0.4, 0.5) is 8.78 Å². The van der Waals surface area contributed by atoms with Gasteiger partial charge < -0.3 is 10.1 Å². The minimum Gasteiger partial charge on any atom is -0.377 e. The first-order valence-corrected chi connectivity index (χ1v) is 7.63. The molecule has 0 saturated heterocycles. The largest absolute Gasteiger partial charge is 0.377 e. The van der Waals surface area contributed by atoms with Gasteiger partial charge in [-0.2, -0.15) is 0 Å². The molecule has 0 fully saturated rings. The average molecular weight is 322 g/mol. The summed E-state index contributed by atoms with van der Waals surface area (Å²) in [7, 11) is -4.39. The van der Waals surface area contributed by atoms with E-state index in [1.807, 2.05) is 0 Å². The monoisotopic (exact) mass is 322 g/mol. The minimum atomic E-state index is -4.39. The van der Waals surface area contributed by atoms with E-state index in [0.29, 0.717) is 18.7 Å². The van der Waals surface area contributed by atoms with Gasteiger partial charge in [0.2, 0.25) is 10.0 Å². The molecule has 1 amide bonds. The van der Waals surface area contributed by atoms with E-state index in [9.17, 15) is 22.0 Å². The zero-order valence-electron chi connectivity index (χ0n) is 11.5. The molecule has 0 saturated carbocycles. The van der Waals surface area contributed by atoms with Crippen molar-refractivity contribution in [3.63, 3.8) is 0 Å². The van der Waals surface area contributed by atoms with Crippen molar-refractivity contribution in [2.45, 2.75) is 24.8 Å². The Morgan fingerprint density at radius 3 is 2.57 bits per heavy atom. The lowest BCUT2D eigenvalue weighted by Gasteiger charge is -2.13. The Bertz CT molecular complexity index is 634. The van der Waals surface area contributed by atoms with Gasteiger partial charge in [-0.15, -0.1) is 0 Å². The summed E-state index contributed by atoms with van der Waals surface area (Å²) in [6, 6.07) is 1.34. The fourth-order valence-electron chi connectivity index (χ4n) is 1.63. The predicted molar refractivity (Wildman–Crippen MR) is 71.2 cm³/mol. The van der Waals surface area contributed by atoms with E-state index >= 15 is 0 Å². The number of nitrogens with two attached hydrogens (primary N) is 1. The quantitative estimate of drug-likeness (QED) is 0.808. The second kappa shape index (κ2) is 6.92. The maximum absolute atomic E-state index is 14.0. The van der Waals surface area contributed by atoms with Gasteiger partial charge in [0.15, 0.2) is 5.82 Å². The normalized spacial score (nSPS) is 13.0. The third kappa shape index (κ3) is 4.45. The summed E-state index contributed by atoms with van der Waals surface area (Å²) in [5.74, 6) is -3.78. The van der Waals surface area contributed by atoms with Crippen LogP contribution in [0.3, 0.4) is 0 Å². The molecule has 0 bridgehead atoms. The van der Waals surface area contributed by atoms with Crippen LogP contribution in [0.15, 0.2) is 17.0 Å². The second-order valence-corrected chi connectivity index (χ2v) is 5.79. The number of primary sulfonamides is 1. The first kappa shape index (κ1) is 17.5. The van der Waals surface area contributed by atoms with E-state index in [1.54, 1.807) is 13.8 Å². The molecule has 6 nitrogen and oxygen atoms in total. The molecule has 1 aromatic rings. The van der Waals surface area contributed by atoms with Gasteiger partial charge in [-0.25, -0.2) is 22.3 Å². The zero-order chi connectivity index (χ0) is 16.2. The predicted octanol–water partition coefficient (Wildman–Crippen LogP) is 0.767. The molecule has 0 aliphatic heterocycles. The summed E-state index contributed by atoms with van der Waals surface area (Å²) in [6.07, 6.45) is -0.355. The molecule has 21 heavy (non-hydrogen) atoms. The molecule has 1 rings (SSSR count). The molecule has 0 aliphatic carbocycles. The van der Waals surface area contributed by atoms with Crippen molar-refractivity contribution in [3.8, 4) is 0 Å². The lowest BCUT2D eigenvalue weighted by atomic mass is 10.2. The molecule has 3 N–H and O–H groups in total. The van der Waals surface area contributed by atoms with E-state index in [1.165, 1.54) is 0 Å². The first-order valence-electron chi connectivity index (χ1n) is 6.09. The number of hydrogen-bond donors (Lipinski definition) is 2. The minimum absolute atomic E-state index is 0.0190. The van der Waals surface area contributed by atoms with Crippen LogP contribution in [0.2, 0.25) is 0 Å². The van der Waals surface area contributed by atoms with Gasteiger partial charge in [0, 0.05) is 13.2 Å². The highest BCUT2D eigenvalue weighted by Gasteiger charge is 2.25. The van der Waals surface area contributed by atoms with Crippen LogP contribution in [0.1, 0.15) is 24.2 Å². The van der Waals surface area contributed by atoms with Gasteiger partial charge in [-0.3, -0.25) is 4.79 Å². The summed E-state index contributed by atoms with van der Waals surface area (Å²) >= 11 is 0. The van der Waals surface area contributed by atoms with Gasteiger partial charge in [-0.05, 0) is 26.0 Å². The summed E-state index contributed by atoms with van der Waals surface area (Å²) in [5.41, 5.74) is -0.995. The van der Waals surface area contributed by atoms with E-state index in [2.05, 4.69) is 5.32 Å². The van der Waals surface area contributed by atoms with Crippen LogP contribution in [0.25, 0.3) is 0 Å². The number of sulfonamides is 1. The lowest BCUT2D eigenvalue weighted by molar-refractivity contribution is 0.0691. The third-order valence-electron chi connectivity index (χ3n) is 2.59. The number of amides is 1. The van der Waals surface area contributed by atoms with Crippen LogP contribution in [-0.4, -0.2) is 33.6 Å². The van der Waals surface area contributed by atoms with Crippen LogP contribution in [-0.2, 0) is 14.8 Å². The number of rotatable bonds is 6. The van der Waals surface area contributed by atoms with Crippen LogP contribution in [0, 0.1) is 11.6 Å².